The predicted molar refractivity (Wildman–Crippen MR) is 142 cm³/mol. The number of oxime groups is 1. The van der Waals surface area contributed by atoms with Crippen LogP contribution in [0.2, 0.25) is 0 Å². The second-order valence-electron chi connectivity index (χ2n) is 8.39. The third-order valence-corrected chi connectivity index (χ3v) is 9.47. The van der Waals surface area contributed by atoms with Crippen LogP contribution in [0.15, 0.2) is 21.8 Å². The summed E-state index contributed by atoms with van der Waals surface area (Å²) in [6, 6.07) is -0.963. The molecule has 4 rings (SSSR count). The molecule has 0 aromatic carbocycles. The summed E-state index contributed by atoms with van der Waals surface area (Å²) in [5, 5.41) is 18.2. The molecule has 0 spiro atoms. The molecule has 2 aromatic rings. The third kappa shape index (κ3) is 4.79. The molecule has 202 valence electrons. The smallest absolute Gasteiger partial charge is 0.352 e. The van der Waals surface area contributed by atoms with E-state index in [1.54, 1.807) is 30.5 Å². The lowest BCUT2D eigenvalue weighted by molar-refractivity contribution is -0.660. The molecule has 0 bridgehead atoms. The van der Waals surface area contributed by atoms with Crippen LogP contribution in [0.1, 0.15) is 21.1 Å². The molecular weight excluding hydrogens is 556 g/mol. The number of carboxylic acids is 1. The summed E-state index contributed by atoms with van der Waals surface area (Å²) in [6.45, 7) is 1.97. The van der Waals surface area contributed by atoms with Crippen LogP contribution in [-0.2, 0) is 26.3 Å². The number of fused-ring (bicyclic) bond motifs is 1. The number of rotatable bonds is 9. The van der Waals surface area contributed by atoms with Crippen LogP contribution in [0.4, 0.5) is 10.3 Å². The molecule has 1 saturated heterocycles. The van der Waals surface area contributed by atoms with Crippen LogP contribution in [0.5, 0.6) is 0 Å². The number of primary amides is 1. The van der Waals surface area contributed by atoms with Crippen molar-refractivity contribution in [3.63, 3.8) is 0 Å². The Balaban J connectivity index is 1.54. The van der Waals surface area contributed by atoms with Crippen molar-refractivity contribution < 1.29 is 33.7 Å². The van der Waals surface area contributed by atoms with Crippen LogP contribution in [0, 0.1) is 6.92 Å². The van der Waals surface area contributed by atoms with Crippen molar-refractivity contribution in [2.45, 2.75) is 18.3 Å². The molecule has 2 aliphatic heterocycles. The summed E-state index contributed by atoms with van der Waals surface area (Å²) in [7, 11) is 4.82. The lowest BCUT2D eigenvalue weighted by atomic mass is 10.0. The van der Waals surface area contributed by atoms with E-state index in [2.05, 4.69) is 15.5 Å². The number of nitrogen functional groups attached to an aromatic ring is 1. The number of likely N-dealkylation sites (N-methyl/N-ethyl adjacent to an activating group) is 1. The van der Waals surface area contributed by atoms with Crippen molar-refractivity contribution in [1.82, 2.24) is 15.2 Å². The average Bonchev–Trinajstić information content (AvgIpc) is 3.42. The van der Waals surface area contributed by atoms with E-state index in [0.717, 1.165) is 11.3 Å². The van der Waals surface area contributed by atoms with Crippen molar-refractivity contribution in [2.75, 3.05) is 37.1 Å². The van der Waals surface area contributed by atoms with Gasteiger partial charge in [-0.1, -0.05) is 5.16 Å². The van der Waals surface area contributed by atoms with Gasteiger partial charge in [-0.3, -0.25) is 24.2 Å². The van der Waals surface area contributed by atoms with Gasteiger partial charge in [-0.25, -0.2) is 14.3 Å². The minimum absolute atomic E-state index is 0.125. The highest BCUT2D eigenvalue weighted by molar-refractivity contribution is 8.00. The van der Waals surface area contributed by atoms with Gasteiger partial charge in [0.25, 0.3) is 17.7 Å². The van der Waals surface area contributed by atoms with E-state index >= 15 is 0 Å². The number of amides is 3. The van der Waals surface area contributed by atoms with Crippen molar-refractivity contribution in [2.24, 2.45) is 17.9 Å². The number of nitrogens with one attached hydrogen (secondary N) is 1. The van der Waals surface area contributed by atoms with Gasteiger partial charge in [0.2, 0.25) is 0 Å². The summed E-state index contributed by atoms with van der Waals surface area (Å²) < 4.78 is 1.81. The normalized spacial score (nSPS) is 19.1. The summed E-state index contributed by atoms with van der Waals surface area (Å²) in [6.07, 6.45) is 0. The number of thioether (sulfide) groups is 1. The van der Waals surface area contributed by atoms with E-state index < -0.39 is 35.1 Å². The topological polar surface area (TPSA) is 197 Å². The summed E-state index contributed by atoms with van der Waals surface area (Å²) in [4.78, 5) is 62.2. The quantitative estimate of drug-likeness (QED) is 0.126. The van der Waals surface area contributed by atoms with Crippen LogP contribution in [-0.4, -0.2) is 82.3 Å². The van der Waals surface area contributed by atoms with Crippen molar-refractivity contribution in [3.8, 4) is 0 Å². The molecule has 0 unspecified atom stereocenters. The van der Waals surface area contributed by atoms with Crippen LogP contribution in [0.25, 0.3) is 0 Å². The van der Waals surface area contributed by atoms with Gasteiger partial charge in [-0.15, -0.1) is 23.1 Å². The first-order valence-electron chi connectivity index (χ1n) is 11.0. The highest BCUT2D eigenvalue weighted by Crippen LogP contribution is 2.41. The number of hydrogen-bond donors (Lipinski definition) is 4. The molecule has 6 N–H and O–H groups in total. The minimum Gasteiger partial charge on any atom is -0.477 e. The molecule has 2 aliphatic rings. The first-order chi connectivity index (χ1) is 18.0. The number of β-lactam (4-membered cyclic amide) rings is 1. The number of aliphatic carboxylic acids is 1. The minimum atomic E-state index is -1.25. The van der Waals surface area contributed by atoms with Gasteiger partial charge in [0.05, 0.1) is 14.1 Å². The van der Waals surface area contributed by atoms with Gasteiger partial charge in [0.1, 0.15) is 47.0 Å². The van der Waals surface area contributed by atoms with Gasteiger partial charge in [0, 0.05) is 16.7 Å². The fourth-order valence-corrected chi connectivity index (χ4v) is 7.10. The number of carboxylic acid groups (broad SMARTS) is 1. The molecule has 0 radical (unpaired) electrons. The van der Waals surface area contributed by atoms with Crippen LogP contribution in [0.3, 0.4) is 0 Å². The molecule has 14 nitrogen and oxygen atoms in total. The van der Waals surface area contributed by atoms with Crippen LogP contribution >= 0.6 is 34.4 Å². The van der Waals surface area contributed by atoms with Crippen molar-refractivity contribution in [1.29, 1.82) is 0 Å². The number of nitrogens with zero attached hydrogens (tertiary/aromatic N) is 5. The number of thiazole rings is 2. The van der Waals surface area contributed by atoms with Crippen molar-refractivity contribution >= 4 is 74.1 Å². The SMILES string of the molecule is CO/N=C(/C(=O)N[C@@H]1C(=O)N2C(C(=O)O)=C(CN(C)c3sc(C(N)=O)c(C)[n+]3C)CS[C@H]12)c1csc(N)n1. The second-order valence-corrected chi connectivity index (χ2v) is 11.4. The zero-order chi connectivity index (χ0) is 27.9. The largest absolute Gasteiger partial charge is 0.477 e. The zero-order valence-electron chi connectivity index (χ0n) is 20.8. The number of anilines is 2. The van der Waals surface area contributed by atoms with Gasteiger partial charge < -0.3 is 26.7 Å². The van der Waals surface area contributed by atoms with Gasteiger partial charge >= 0.3 is 11.1 Å². The fourth-order valence-electron chi connectivity index (χ4n) is 4.15. The summed E-state index contributed by atoms with van der Waals surface area (Å²) in [5.41, 5.74) is 12.2. The molecular formula is C21H25N8O6S3+. The Kier molecular flexibility index (Phi) is 7.61. The van der Waals surface area contributed by atoms with E-state index in [1.165, 1.54) is 40.5 Å². The Labute approximate surface area is 228 Å². The number of carbonyl (C=O) groups is 4. The lowest BCUT2D eigenvalue weighted by Gasteiger charge is -2.49. The molecule has 2 aromatic heterocycles. The Morgan fingerprint density at radius 2 is 2.13 bits per heavy atom. The average molecular weight is 582 g/mol. The maximum atomic E-state index is 13.1. The highest BCUT2D eigenvalue weighted by atomic mass is 32.2. The third-order valence-electron chi connectivity index (χ3n) is 5.99. The molecule has 38 heavy (non-hydrogen) atoms. The monoisotopic (exact) mass is 581 g/mol. The standard InChI is InChI=1S/C21H24N8O6S3/c1-8-14(15(22)30)38-21(28(8)3)27(2)5-9-6-36-18-12(17(32)29(18)13(9)19(33)34)25-16(31)11(26-35-4)10-7-37-20(23)24-10/h7,12,18H,5-6H2,1-4H3,(H5-,22,23,24,25,30,31,33,34)/p+1/b26-11+/t12-,18-/m1/s1. The van der Waals surface area contributed by atoms with Crippen LogP contribution < -0.4 is 26.3 Å². The zero-order valence-corrected chi connectivity index (χ0v) is 23.2. The Morgan fingerprint density at radius 3 is 2.68 bits per heavy atom. The van der Waals surface area contributed by atoms with Crippen molar-refractivity contribution in [3.05, 3.63) is 32.9 Å². The number of carbonyl (C=O) groups excluding carboxylic acids is 3. The first-order valence-corrected chi connectivity index (χ1v) is 13.7. The summed E-state index contributed by atoms with van der Waals surface area (Å²) >= 11 is 3.66. The Bertz CT molecular complexity index is 1400. The van der Waals surface area contributed by atoms with Gasteiger partial charge in [-0.05, 0) is 18.3 Å². The number of hydrogen-bond acceptors (Lipinski definition) is 12. The molecule has 3 amide bonds. The molecule has 17 heteroatoms. The highest BCUT2D eigenvalue weighted by Gasteiger charge is 2.54. The Hall–Kier alpha value is -3.70. The second kappa shape index (κ2) is 10.6. The summed E-state index contributed by atoms with van der Waals surface area (Å²) in [5.74, 6) is -2.74. The number of aromatic nitrogens is 2. The molecule has 0 saturated carbocycles. The van der Waals surface area contributed by atoms with E-state index in [9.17, 15) is 24.3 Å². The van der Waals surface area contributed by atoms with E-state index in [1.807, 2.05) is 0 Å². The number of nitrogens with two attached hydrogens (primary N) is 2. The molecule has 1 fully saturated rings. The molecule has 0 aliphatic carbocycles. The van der Waals surface area contributed by atoms with Gasteiger partial charge in [-0.2, -0.15) is 0 Å². The van der Waals surface area contributed by atoms with E-state index in [-0.39, 0.29) is 28.8 Å². The lowest BCUT2D eigenvalue weighted by Crippen LogP contribution is -2.71. The maximum absolute atomic E-state index is 13.1. The maximum Gasteiger partial charge on any atom is 0.352 e. The Morgan fingerprint density at radius 1 is 1.42 bits per heavy atom. The van der Waals surface area contributed by atoms with Gasteiger partial charge in [0.15, 0.2) is 10.8 Å². The van der Waals surface area contributed by atoms with E-state index in [0.29, 0.717) is 27.0 Å². The predicted octanol–water partition coefficient (Wildman–Crippen LogP) is -0.756. The first kappa shape index (κ1) is 27.3. The fraction of sp³-hybridized carbons (Fsp3) is 0.381. The molecule has 2 atom stereocenters. The molecule has 4 heterocycles. The van der Waals surface area contributed by atoms with E-state index in [4.69, 9.17) is 16.3 Å².